The number of benzene rings is 3. The molecule has 1 aliphatic rings. The number of nitro benzene ring substituents is 1. The molecule has 5 rings (SSSR count). The lowest BCUT2D eigenvalue weighted by molar-refractivity contribution is -0.387. The Morgan fingerprint density at radius 1 is 1.05 bits per heavy atom. The van der Waals surface area contributed by atoms with Gasteiger partial charge < -0.3 is 0 Å². The van der Waals surface area contributed by atoms with E-state index in [1.165, 1.54) is 16.8 Å². The zero-order valence-corrected chi connectivity index (χ0v) is 21.9. The number of thioether (sulfide) groups is 1. The van der Waals surface area contributed by atoms with Crippen molar-refractivity contribution in [2.75, 3.05) is 0 Å². The Labute approximate surface area is 227 Å². The fourth-order valence-electron chi connectivity index (χ4n) is 3.49. The first-order valence-corrected chi connectivity index (χ1v) is 13.1. The molecule has 1 saturated heterocycles. The second kappa shape index (κ2) is 10.7. The van der Waals surface area contributed by atoms with Crippen molar-refractivity contribution in [3.63, 3.8) is 0 Å². The van der Waals surface area contributed by atoms with Gasteiger partial charge in [0.1, 0.15) is 0 Å². The number of nitro groups is 1. The van der Waals surface area contributed by atoms with Crippen LogP contribution >= 0.6 is 39.5 Å². The number of imide groups is 1. The minimum Gasteiger partial charge on any atom is -0.268 e. The summed E-state index contributed by atoms with van der Waals surface area (Å²) in [6, 6.07) is 21.1. The maximum atomic E-state index is 12.9. The molecule has 0 saturated carbocycles. The average molecular weight is 595 g/mol. The van der Waals surface area contributed by atoms with Crippen LogP contribution in [0.1, 0.15) is 11.1 Å². The molecule has 184 valence electrons. The predicted molar refractivity (Wildman–Crippen MR) is 142 cm³/mol. The number of hydrogen-bond acceptors (Lipinski definition) is 9. The van der Waals surface area contributed by atoms with E-state index in [2.05, 4.69) is 31.5 Å². The fraction of sp³-hybridized carbons (Fsp3) is 0.0417. The van der Waals surface area contributed by atoms with Gasteiger partial charge in [-0.25, -0.2) is 0 Å². The molecule has 1 fully saturated rings. The number of carbonyl (C=O) groups is 2. The van der Waals surface area contributed by atoms with Gasteiger partial charge in [-0.2, -0.15) is 4.68 Å². The van der Waals surface area contributed by atoms with E-state index in [0.29, 0.717) is 21.3 Å². The number of halogens is 1. The van der Waals surface area contributed by atoms with Crippen molar-refractivity contribution in [3.05, 3.63) is 103 Å². The van der Waals surface area contributed by atoms with Gasteiger partial charge in [0.2, 0.25) is 5.16 Å². The van der Waals surface area contributed by atoms with Gasteiger partial charge >= 0.3 is 0 Å². The van der Waals surface area contributed by atoms with Gasteiger partial charge in [0.05, 0.1) is 27.0 Å². The van der Waals surface area contributed by atoms with E-state index >= 15 is 0 Å². The number of aromatic nitrogens is 4. The third-order valence-corrected chi connectivity index (χ3v) is 7.69. The summed E-state index contributed by atoms with van der Waals surface area (Å²) in [5.41, 5.74) is 1.78. The molecule has 0 bridgehead atoms. The Kier molecular flexibility index (Phi) is 7.17. The van der Waals surface area contributed by atoms with Gasteiger partial charge in [0, 0.05) is 10.5 Å². The molecule has 13 heteroatoms. The number of nitrogens with zero attached hydrogens (tertiary/aromatic N) is 6. The molecule has 4 aromatic rings. The zero-order chi connectivity index (χ0) is 25.9. The minimum absolute atomic E-state index is 0.140. The lowest BCUT2D eigenvalue weighted by atomic mass is 10.1. The summed E-state index contributed by atoms with van der Waals surface area (Å²) in [6.45, 7) is 0.140. The maximum Gasteiger partial charge on any atom is 0.293 e. The highest BCUT2D eigenvalue weighted by Gasteiger charge is 2.35. The van der Waals surface area contributed by atoms with E-state index in [0.717, 1.165) is 38.5 Å². The number of amides is 2. The van der Waals surface area contributed by atoms with E-state index in [-0.39, 0.29) is 17.1 Å². The summed E-state index contributed by atoms with van der Waals surface area (Å²) in [5, 5.41) is 23.5. The molecule has 0 N–H and O–H groups in total. The Balaban J connectivity index is 1.39. The summed E-state index contributed by atoms with van der Waals surface area (Å²) in [5.74, 6) is -0.443. The number of tetrazole rings is 1. The number of rotatable bonds is 7. The van der Waals surface area contributed by atoms with E-state index in [1.54, 1.807) is 12.1 Å². The fourth-order valence-corrected chi connectivity index (χ4v) is 5.46. The highest BCUT2D eigenvalue weighted by Crippen LogP contribution is 2.37. The molecule has 1 aliphatic heterocycles. The first kappa shape index (κ1) is 24.9. The number of para-hydroxylation sites is 1. The predicted octanol–water partition coefficient (Wildman–Crippen LogP) is 5.72. The monoisotopic (exact) mass is 594 g/mol. The van der Waals surface area contributed by atoms with Crippen LogP contribution in [0.5, 0.6) is 0 Å². The summed E-state index contributed by atoms with van der Waals surface area (Å²) < 4.78 is 2.38. The molecule has 2 heterocycles. The smallest absolute Gasteiger partial charge is 0.268 e. The molecule has 3 aromatic carbocycles. The van der Waals surface area contributed by atoms with Crippen LogP contribution in [-0.2, 0) is 11.3 Å². The minimum atomic E-state index is -0.504. The Morgan fingerprint density at radius 2 is 1.81 bits per heavy atom. The van der Waals surface area contributed by atoms with Crippen LogP contribution in [0.4, 0.5) is 10.5 Å². The molecule has 0 spiro atoms. The second-order valence-corrected chi connectivity index (χ2v) is 10.6. The average Bonchev–Trinajstić information content (AvgIpc) is 3.46. The van der Waals surface area contributed by atoms with Crippen LogP contribution in [0.2, 0.25) is 0 Å². The largest absolute Gasteiger partial charge is 0.293 e. The summed E-state index contributed by atoms with van der Waals surface area (Å²) >= 11 is 5.22. The van der Waals surface area contributed by atoms with Crippen molar-refractivity contribution < 1.29 is 14.5 Å². The molecule has 0 radical (unpaired) electrons. The Hall–Kier alpha value is -3.81. The molecular weight excluding hydrogens is 580 g/mol. The SMILES string of the molecule is O=C1S/C(=C\c2ccc(Sc3nnnn3-c3ccccc3)c([N+](=O)[O-])c2)C(=O)N1Cc1ccc(Br)cc1. The van der Waals surface area contributed by atoms with Crippen molar-refractivity contribution >= 4 is 62.4 Å². The molecule has 0 atom stereocenters. The van der Waals surface area contributed by atoms with Crippen LogP contribution in [0.3, 0.4) is 0 Å². The van der Waals surface area contributed by atoms with E-state index in [9.17, 15) is 19.7 Å². The quantitative estimate of drug-likeness (QED) is 0.150. The highest BCUT2D eigenvalue weighted by molar-refractivity contribution is 9.10. The summed E-state index contributed by atoms with van der Waals surface area (Å²) in [6.07, 6.45) is 1.49. The van der Waals surface area contributed by atoms with Gasteiger partial charge in [-0.05, 0) is 81.5 Å². The summed E-state index contributed by atoms with van der Waals surface area (Å²) in [4.78, 5) is 38.4. The van der Waals surface area contributed by atoms with Crippen molar-refractivity contribution in [1.82, 2.24) is 25.1 Å². The number of hydrogen-bond donors (Lipinski definition) is 0. The van der Waals surface area contributed by atoms with Crippen LogP contribution in [-0.4, -0.2) is 41.2 Å². The third-order valence-electron chi connectivity index (χ3n) is 5.25. The van der Waals surface area contributed by atoms with E-state index in [4.69, 9.17) is 0 Å². The molecular formula is C24H15BrN6O4S2. The van der Waals surface area contributed by atoms with Gasteiger partial charge in [-0.15, -0.1) is 5.10 Å². The standard InChI is InChI=1S/C24H15BrN6O4S2/c25-17-9-6-15(7-10-17)14-29-22(32)21(37-24(29)33)13-16-8-11-20(19(12-16)31(34)35)36-23-26-27-28-30(23)18-4-2-1-3-5-18/h1-13H,14H2/b21-13-. The van der Waals surface area contributed by atoms with E-state index < -0.39 is 16.1 Å². The molecule has 37 heavy (non-hydrogen) atoms. The van der Waals surface area contributed by atoms with Crippen LogP contribution < -0.4 is 0 Å². The molecule has 0 unspecified atom stereocenters. The lowest BCUT2D eigenvalue weighted by Crippen LogP contribution is -2.27. The molecule has 2 amide bonds. The van der Waals surface area contributed by atoms with Crippen LogP contribution in [0, 0.1) is 10.1 Å². The molecule has 0 aliphatic carbocycles. The zero-order valence-electron chi connectivity index (χ0n) is 18.7. The van der Waals surface area contributed by atoms with Gasteiger partial charge in [0.25, 0.3) is 16.8 Å². The second-order valence-electron chi connectivity index (χ2n) is 7.69. The normalized spacial score (nSPS) is 14.5. The number of carbonyl (C=O) groups excluding carboxylic acids is 2. The van der Waals surface area contributed by atoms with Gasteiger partial charge in [-0.3, -0.25) is 24.6 Å². The Bertz CT molecular complexity index is 1540. The first-order chi connectivity index (χ1) is 17.9. The molecule has 1 aromatic heterocycles. The topological polar surface area (TPSA) is 124 Å². The van der Waals surface area contributed by atoms with Gasteiger partial charge in [-0.1, -0.05) is 52.3 Å². The maximum absolute atomic E-state index is 12.9. The van der Waals surface area contributed by atoms with Crippen molar-refractivity contribution in [2.45, 2.75) is 16.6 Å². The first-order valence-electron chi connectivity index (χ1n) is 10.7. The van der Waals surface area contributed by atoms with E-state index in [1.807, 2.05) is 54.6 Å². The van der Waals surface area contributed by atoms with Crippen LogP contribution in [0.15, 0.2) is 92.2 Å². The lowest BCUT2D eigenvalue weighted by Gasteiger charge is -2.12. The van der Waals surface area contributed by atoms with Crippen molar-refractivity contribution in [2.24, 2.45) is 0 Å². The Morgan fingerprint density at radius 3 is 2.54 bits per heavy atom. The highest BCUT2D eigenvalue weighted by atomic mass is 79.9. The third kappa shape index (κ3) is 5.48. The van der Waals surface area contributed by atoms with Gasteiger partial charge in [0.15, 0.2) is 0 Å². The summed E-state index contributed by atoms with van der Waals surface area (Å²) in [7, 11) is 0. The van der Waals surface area contributed by atoms with Crippen molar-refractivity contribution in [3.8, 4) is 5.69 Å². The van der Waals surface area contributed by atoms with Crippen LogP contribution in [0.25, 0.3) is 11.8 Å². The molecule has 10 nitrogen and oxygen atoms in total. The van der Waals surface area contributed by atoms with Crippen molar-refractivity contribution in [1.29, 1.82) is 0 Å².